The summed E-state index contributed by atoms with van der Waals surface area (Å²) in [6.07, 6.45) is 0.607. The van der Waals surface area contributed by atoms with E-state index in [0.717, 1.165) is 23.3 Å². The molecule has 3 aromatic heterocycles. The van der Waals surface area contributed by atoms with Crippen LogP contribution in [0.2, 0.25) is 0 Å². The maximum absolute atomic E-state index is 15.1. The van der Waals surface area contributed by atoms with E-state index in [1.807, 2.05) is 4.40 Å². The van der Waals surface area contributed by atoms with Crippen LogP contribution in [0.1, 0.15) is 30.3 Å². The van der Waals surface area contributed by atoms with Gasteiger partial charge in [-0.25, -0.2) is 23.8 Å². The molecule has 0 radical (unpaired) electrons. The molecular formula is C26H20F4N8O. The Morgan fingerprint density at radius 2 is 1.82 bits per heavy atom. The van der Waals surface area contributed by atoms with Crippen LogP contribution in [-0.4, -0.2) is 30.2 Å². The van der Waals surface area contributed by atoms with Crippen molar-refractivity contribution >= 4 is 28.9 Å². The summed E-state index contributed by atoms with van der Waals surface area (Å²) in [7, 11) is 0. The minimum absolute atomic E-state index is 0.185. The standard InChI is InChI=1S/C26H20F4N8O/c27-17-12-15(21-22-23(31)32-10-11-37(22)24(35-21)14-6-7-14)8-9-18(17)33-25(39)34-20-13-19(26(28,29)30)36-38(20)16-4-2-1-3-5-16/h1-5,8-14H,6-7H2,(H2,31,32)(H2,33,34,39). The molecule has 6 rings (SSSR count). The number of hydrogen-bond acceptors (Lipinski definition) is 5. The lowest BCUT2D eigenvalue weighted by molar-refractivity contribution is -0.141. The van der Waals surface area contributed by atoms with Crippen LogP contribution in [0.25, 0.3) is 22.5 Å². The third-order valence-corrected chi connectivity index (χ3v) is 6.29. The van der Waals surface area contributed by atoms with Gasteiger partial charge in [-0.3, -0.25) is 9.72 Å². The number of carbonyl (C=O) groups is 1. The Balaban J connectivity index is 1.27. The van der Waals surface area contributed by atoms with Crippen LogP contribution in [-0.2, 0) is 6.18 Å². The number of nitrogen functional groups attached to an aromatic ring is 1. The molecule has 1 fully saturated rings. The number of halogens is 4. The molecule has 0 aliphatic heterocycles. The average molecular weight is 536 g/mol. The van der Waals surface area contributed by atoms with Gasteiger partial charge in [-0.1, -0.05) is 24.3 Å². The van der Waals surface area contributed by atoms with Gasteiger partial charge in [0.1, 0.15) is 34.5 Å². The second kappa shape index (κ2) is 9.11. The maximum Gasteiger partial charge on any atom is 0.435 e. The smallest absolute Gasteiger partial charge is 0.382 e. The summed E-state index contributed by atoms with van der Waals surface area (Å²) >= 11 is 0. The zero-order valence-corrected chi connectivity index (χ0v) is 20.1. The fraction of sp³-hybridized carbons (Fsp3) is 0.154. The van der Waals surface area contributed by atoms with Crippen LogP contribution >= 0.6 is 0 Å². The van der Waals surface area contributed by atoms with E-state index in [1.54, 1.807) is 36.7 Å². The van der Waals surface area contributed by atoms with E-state index < -0.39 is 23.7 Å². The van der Waals surface area contributed by atoms with E-state index in [9.17, 15) is 18.0 Å². The lowest BCUT2D eigenvalue weighted by Crippen LogP contribution is -2.22. The van der Waals surface area contributed by atoms with Gasteiger partial charge in [0, 0.05) is 29.9 Å². The number of carbonyl (C=O) groups excluding carboxylic acids is 1. The van der Waals surface area contributed by atoms with Gasteiger partial charge in [0.15, 0.2) is 5.69 Å². The summed E-state index contributed by atoms with van der Waals surface area (Å²) in [5.41, 5.74) is 6.48. The maximum atomic E-state index is 15.1. The summed E-state index contributed by atoms with van der Waals surface area (Å²) in [6.45, 7) is 0. The Morgan fingerprint density at radius 1 is 1.05 bits per heavy atom. The van der Waals surface area contributed by atoms with Crippen LogP contribution in [0.3, 0.4) is 0 Å². The van der Waals surface area contributed by atoms with Gasteiger partial charge < -0.3 is 11.1 Å². The van der Waals surface area contributed by atoms with E-state index in [1.165, 1.54) is 24.3 Å². The van der Waals surface area contributed by atoms with E-state index in [4.69, 9.17) is 10.7 Å². The van der Waals surface area contributed by atoms with Gasteiger partial charge in [-0.15, -0.1) is 0 Å². The first-order valence-corrected chi connectivity index (χ1v) is 11.9. The fourth-order valence-electron chi connectivity index (χ4n) is 4.33. The number of nitrogens with zero attached hydrogens (tertiary/aromatic N) is 5. The molecule has 0 unspecified atom stereocenters. The number of nitrogens with two attached hydrogens (primary N) is 1. The minimum atomic E-state index is -4.73. The van der Waals surface area contributed by atoms with Gasteiger partial charge in [0.25, 0.3) is 0 Å². The number of aromatic nitrogens is 5. The van der Waals surface area contributed by atoms with E-state index in [0.29, 0.717) is 34.4 Å². The molecule has 5 aromatic rings. The van der Waals surface area contributed by atoms with Crippen molar-refractivity contribution in [2.24, 2.45) is 0 Å². The Kier molecular flexibility index (Phi) is 5.70. The number of para-hydroxylation sites is 1. The molecule has 39 heavy (non-hydrogen) atoms. The van der Waals surface area contributed by atoms with Crippen LogP contribution in [0, 0.1) is 5.82 Å². The Morgan fingerprint density at radius 3 is 2.51 bits per heavy atom. The zero-order chi connectivity index (χ0) is 27.3. The molecule has 1 aliphatic carbocycles. The fourth-order valence-corrected chi connectivity index (χ4v) is 4.33. The number of fused-ring (bicyclic) bond motifs is 1. The lowest BCUT2D eigenvalue weighted by atomic mass is 10.1. The first-order valence-electron chi connectivity index (χ1n) is 11.9. The highest BCUT2D eigenvalue weighted by atomic mass is 19.4. The number of amides is 2. The number of hydrogen-bond donors (Lipinski definition) is 3. The van der Waals surface area contributed by atoms with Crippen molar-refractivity contribution in [1.29, 1.82) is 0 Å². The molecule has 9 nitrogen and oxygen atoms in total. The highest BCUT2D eigenvalue weighted by Gasteiger charge is 2.35. The number of nitrogens with one attached hydrogen (secondary N) is 2. The number of rotatable bonds is 5. The van der Waals surface area contributed by atoms with Gasteiger partial charge in [0.05, 0.1) is 11.4 Å². The quantitative estimate of drug-likeness (QED) is 0.244. The molecule has 0 bridgehead atoms. The zero-order valence-electron chi connectivity index (χ0n) is 20.1. The molecule has 0 spiro atoms. The largest absolute Gasteiger partial charge is 0.435 e. The normalized spacial score (nSPS) is 13.5. The first-order chi connectivity index (χ1) is 18.7. The molecule has 13 heteroatoms. The molecule has 0 saturated heterocycles. The minimum Gasteiger partial charge on any atom is -0.382 e. The Hall–Kier alpha value is -4.94. The number of alkyl halides is 3. The Labute approximate surface area is 218 Å². The molecule has 1 aliphatic rings. The van der Waals surface area contributed by atoms with Gasteiger partial charge in [-0.2, -0.15) is 18.3 Å². The summed E-state index contributed by atoms with van der Waals surface area (Å²) in [5, 5.41) is 8.23. The van der Waals surface area contributed by atoms with E-state index >= 15 is 4.39 Å². The van der Waals surface area contributed by atoms with E-state index in [2.05, 4.69) is 20.7 Å². The Bertz CT molecular complexity index is 1710. The van der Waals surface area contributed by atoms with Gasteiger partial charge in [0.2, 0.25) is 0 Å². The van der Waals surface area contributed by atoms with Crippen molar-refractivity contribution in [3.8, 4) is 16.9 Å². The monoisotopic (exact) mass is 536 g/mol. The summed E-state index contributed by atoms with van der Waals surface area (Å²) in [5.74, 6) is 0.353. The lowest BCUT2D eigenvalue weighted by Gasteiger charge is -2.11. The van der Waals surface area contributed by atoms with Crippen LogP contribution in [0.15, 0.2) is 67.0 Å². The molecule has 3 heterocycles. The van der Waals surface area contributed by atoms with Crippen LogP contribution in [0.4, 0.5) is 39.7 Å². The number of imidazole rings is 1. The average Bonchev–Trinajstić information content (AvgIpc) is 3.53. The SMILES string of the molecule is Nc1nccn2c(C3CC3)nc(-c3ccc(NC(=O)Nc4cc(C(F)(F)F)nn4-c4ccccc4)c(F)c3)c12. The second-order valence-electron chi connectivity index (χ2n) is 9.06. The third-order valence-electron chi connectivity index (χ3n) is 6.29. The van der Waals surface area contributed by atoms with E-state index in [-0.39, 0.29) is 17.3 Å². The molecule has 4 N–H and O–H groups in total. The first kappa shape index (κ1) is 24.4. The summed E-state index contributed by atoms with van der Waals surface area (Å²) in [4.78, 5) is 21.5. The molecule has 2 aromatic carbocycles. The van der Waals surface area contributed by atoms with Gasteiger partial charge in [-0.05, 0) is 37.1 Å². The topological polar surface area (TPSA) is 115 Å². The van der Waals surface area contributed by atoms with Gasteiger partial charge >= 0.3 is 12.2 Å². The molecule has 0 atom stereocenters. The van der Waals surface area contributed by atoms with Crippen LogP contribution in [0.5, 0.6) is 0 Å². The highest BCUT2D eigenvalue weighted by Crippen LogP contribution is 2.42. The van der Waals surface area contributed by atoms with Crippen LogP contribution < -0.4 is 16.4 Å². The number of anilines is 3. The second-order valence-corrected chi connectivity index (χ2v) is 9.06. The summed E-state index contributed by atoms with van der Waals surface area (Å²) in [6, 6.07) is 11.9. The molecule has 1 saturated carbocycles. The number of benzene rings is 2. The van der Waals surface area contributed by atoms with Crippen molar-refractivity contribution < 1.29 is 22.4 Å². The van der Waals surface area contributed by atoms with Crippen molar-refractivity contribution in [3.63, 3.8) is 0 Å². The van der Waals surface area contributed by atoms with Crippen molar-refractivity contribution in [2.45, 2.75) is 24.9 Å². The predicted octanol–water partition coefficient (Wildman–Crippen LogP) is 5.84. The van der Waals surface area contributed by atoms with Crippen molar-refractivity contribution in [3.05, 3.63) is 84.3 Å². The highest BCUT2D eigenvalue weighted by molar-refractivity contribution is 5.99. The van der Waals surface area contributed by atoms with Crippen molar-refractivity contribution in [2.75, 3.05) is 16.4 Å². The third kappa shape index (κ3) is 4.62. The number of urea groups is 1. The summed E-state index contributed by atoms with van der Waals surface area (Å²) < 4.78 is 57.9. The molecule has 2 amide bonds. The molecule has 198 valence electrons. The molecular weight excluding hydrogens is 516 g/mol. The predicted molar refractivity (Wildman–Crippen MR) is 136 cm³/mol. The van der Waals surface area contributed by atoms with Crippen molar-refractivity contribution in [1.82, 2.24) is 24.1 Å².